The van der Waals surface area contributed by atoms with Crippen LogP contribution in [0.3, 0.4) is 0 Å². The highest BCUT2D eigenvalue weighted by atomic mass is 16.5. The van der Waals surface area contributed by atoms with Gasteiger partial charge in [-0.25, -0.2) is 0 Å². The average molecular weight is 208 g/mol. The molecule has 1 saturated carbocycles. The summed E-state index contributed by atoms with van der Waals surface area (Å²) in [5.74, 6) is 0.261. The van der Waals surface area contributed by atoms with Gasteiger partial charge in [0, 0.05) is 25.7 Å². The fourth-order valence-corrected chi connectivity index (χ4v) is 2.80. The number of hydrogen-bond donors (Lipinski definition) is 0. The summed E-state index contributed by atoms with van der Waals surface area (Å²) < 4.78 is 5.46. The van der Waals surface area contributed by atoms with Crippen molar-refractivity contribution in [2.24, 2.45) is 5.92 Å². The molecule has 0 N–H and O–H groups in total. The molecule has 0 aromatic rings. The Morgan fingerprint density at radius 2 is 1.93 bits per heavy atom. The Kier molecular flexibility index (Phi) is 3.99. The Morgan fingerprint density at radius 3 is 2.80 bits per heavy atom. The first-order valence-electron chi connectivity index (χ1n) is 6.13. The first kappa shape index (κ1) is 10.9. The van der Waals surface area contributed by atoms with Crippen LogP contribution >= 0.6 is 0 Å². The van der Waals surface area contributed by atoms with Crippen molar-refractivity contribution in [2.45, 2.75) is 38.1 Å². The molecule has 1 aliphatic carbocycles. The van der Waals surface area contributed by atoms with Crippen LogP contribution in [0.1, 0.15) is 32.1 Å². The molecule has 84 valence electrons. The zero-order valence-corrected chi connectivity index (χ0v) is 9.32. The quantitative estimate of drug-likeness (QED) is 0.659. The van der Waals surface area contributed by atoms with Crippen LogP contribution < -0.4 is 0 Å². The molecule has 2 unspecified atom stereocenters. The number of hydrogen-bond acceptors (Lipinski definition) is 3. The second-order valence-electron chi connectivity index (χ2n) is 4.59. The Labute approximate surface area is 92.0 Å². The van der Waals surface area contributed by atoms with E-state index in [4.69, 9.17) is 10.00 Å². The van der Waals surface area contributed by atoms with Crippen LogP contribution in [-0.4, -0.2) is 37.2 Å². The van der Waals surface area contributed by atoms with Gasteiger partial charge in [-0.3, -0.25) is 4.90 Å². The Morgan fingerprint density at radius 1 is 1.07 bits per heavy atom. The molecule has 2 aliphatic rings. The van der Waals surface area contributed by atoms with E-state index in [2.05, 4.69) is 11.0 Å². The van der Waals surface area contributed by atoms with E-state index in [-0.39, 0.29) is 5.92 Å². The summed E-state index contributed by atoms with van der Waals surface area (Å²) in [6, 6.07) is 2.99. The molecular weight excluding hydrogens is 188 g/mol. The molecule has 0 radical (unpaired) electrons. The van der Waals surface area contributed by atoms with Crippen molar-refractivity contribution in [1.82, 2.24) is 4.90 Å². The molecule has 1 saturated heterocycles. The van der Waals surface area contributed by atoms with Crippen LogP contribution in [0.4, 0.5) is 0 Å². The van der Waals surface area contributed by atoms with E-state index < -0.39 is 0 Å². The lowest BCUT2D eigenvalue weighted by molar-refractivity contribution is 0.107. The van der Waals surface area contributed by atoms with Gasteiger partial charge in [-0.2, -0.15) is 5.26 Å². The maximum atomic E-state index is 9.15. The minimum Gasteiger partial charge on any atom is -0.380 e. The van der Waals surface area contributed by atoms with Gasteiger partial charge >= 0.3 is 0 Å². The molecule has 2 atom stereocenters. The highest BCUT2D eigenvalue weighted by Gasteiger charge is 2.30. The molecule has 0 spiro atoms. The van der Waals surface area contributed by atoms with Crippen LogP contribution in [0, 0.1) is 17.2 Å². The summed E-state index contributed by atoms with van der Waals surface area (Å²) in [4.78, 5) is 2.49. The second-order valence-corrected chi connectivity index (χ2v) is 4.59. The second kappa shape index (κ2) is 5.48. The number of ether oxygens (including phenoxy) is 1. The molecule has 0 amide bonds. The van der Waals surface area contributed by atoms with Gasteiger partial charge in [0.25, 0.3) is 0 Å². The van der Waals surface area contributed by atoms with Gasteiger partial charge in [0.15, 0.2) is 0 Å². The van der Waals surface area contributed by atoms with E-state index in [1.165, 1.54) is 19.3 Å². The predicted molar refractivity (Wildman–Crippen MR) is 58.4 cm³/mol. The van der Waals surface area contributed by atoms with E-state index in [1.807, 2.05) is 0 Å². The summed E-state index contributed by atoms with van der Waals surface area (Å²) in [5, 5.41) is 9.15. The maximum absolute atomic E-state index is 9.15. The third-order valence-corrected chi connectivity index (χ3v) is 3.62. The van der Waals surface area contributed by atoms with Gasteiger partial charge in [0.05, 0.1) is 18.6 Å². The smallest absolute Gasteiger partial charge is 0.0672 e. The van der Waals surface area contributed by atoms with Gasteiger partial charge in [0.2, 0.25) is 0 Å². The molecule has 2 rings (SSSR count). The van der Waals surface area contributed by atoms with Crippen molar-refractivity contribution in [3.8, 4) is 6.07 Å². The van der Waals surface area contributed by atoms with Gasteiger partial charge < -0.3 is 4.74 Å². The van der Waals surface area contributed by atoms with Crippen molar-refractivity contribution in [2.75, 3.05) is 26.3 Å². The molecule has 0 aromatic heterocycles. The van der Waals surface area contributed by atoms with Crippen molar-refractivity contribution in [3.63, 3.8) is 0 Å². The lowest BCUT2D eigenvalue weighted by Gasteiger charge is -2.36. The zero-order valence-electron chi connectivity index (χ0n) is 9.32. The van der Waals surface area contributed by atoms with Crippen LogP contribution in [0.15, 0.2) is 0 Å². The molecule has 1 aliphatic heterocycles. The summed E-state index contributed by atoms with van der Waals surface area (Å²) >= 11 is 0. The number of nitrogens with zero attached hydrogens (tertiary/aromatic N) is 2. The van der Waals surface area contributed by atoms with Gasteiger partial charge in [-0.05, 0) is 19.3 Å². The maximum Gasteiger partial charge on any atom is 0.0672 e. The van der Waals surface area contributed by atoms with Gasteiger partial charge in [0.1, 0.15) is 0 Å². The highest BCUT2D eigenvalue weighted by molar-refractivity contribution is 4.95. The monoisotopic (exact) mass is 208 g/mol. The Hall–Kier alpha value is -0.590. The molecule has 1 heterocycles. The summed E-state index contributed by atoms with van der Waals surface area (Å²) in [6.45, 7) is 3.86. The van der Waals surface area contributed by atoms with Crippen LogP contribution in [0.25, 0.3) is 0 Å². The molecular formula is C12H20N2O. The Balaban J connectivity index is 1.96. The molecule has 15 heavy (non-hydrogen) atoms. The number of nitriles is 1. The normalized spacial score (nSPS) is 34.3. The molecule has 2 fully saturated rings. The summed E-state index contributed by atoms with van der Waals surface area (Å²) in [6.07, 6.45) is 5.95. The molecule has 3 heteroatoms. The SMILES string of the molecule is N#CC1CCCCC1N1CCCOCC1. The van der Waals surface area contributed by atoms with Gasteiger partial charge in [-0.1, -0.05) is 12.8 Å². The molecule has 0 bridgehead atoms. The zero-order chi connectivity index (χ0) is 10.5. The third-order valence-electron chi connectivity index (χ3n) is 3.62. The van der Waals surface area contributed by atoms with Crippen molar-refractivity contribution < 1.29 is 4.74 Å². The van der Waals surface area contributed by atoms with Crippen molar-refractivity contribution >= 4 is 0 Å². The topological polar surface area (TPSA) is 36.3 Å². The largest absolute Gasteiger partial charge is 0.380 e. The fourth-order valence-electron chi connectivity index (χ4n) is 2.80. The first-order valence-corrected chi connectivity index (χ1v) is 6.13. The minimum atomic E-state index is 0.261. The van der Waals surface area contributed by atoms with E-state index in [0.29, 0.717) is 6.04 Å². The van der Waals surface area contributed by atoms with Crippen molar-refractivity contribution in [1.29, 1.82) is 5.26 Å². The van der Waals surface area contributed by atoms with E-state index in [1.54, 1.807) is 0 Å². The number of rotatable bonds is 1. The van der Waals surface area contributed by atoms with Crippen LogP contribution in [0.2, 0.25) is 0 Å². The molecule has 0 aromatic carbocycles. The van der Waals surface area contributed by atoms with Crippen LogP contribution in [-0.2, 0) is 4.74 Å². The summed E-state index contributed by atoms with van der Waals surface area (Å²) in [5.41, 5.74) is 0. The first-order chi connectivity index (χ1) is 7.42. The lowest BCUT2D eigenvalue weighted by atomic mass is 9.84. The molecule has 3 nitrogen and oxygen atoms in total. The fraction of sp³-hybridized carbons (Fsp3) is 0.917. The third kappa shape index (κ3) is 2.70. The minimum absolute atomic E-state index is 0.261. The summed E-state index contributed by atoms with van der Waals surface area (Å²) in [7, 11) is 0. The standard InChI is InChI=1S/C12H20N2O/c13-10-11-4-1-2-5-12(11)14-6-3-8-15-9-7-14/h11-12H,1-9H2. The van der Waals surface area contributed by atoms with E-state index in [9.17, 15) is 0 Å². The van der Waals surface area contributed by atoms with E-state index in [0.717, 1.165) is 39.1 Å². The van der Waals surface area contributed by atoms with Crippen LogP contribution in [0.5, 0.6) is 0 Å². The average Bonchev–Trinajstić information content (AvgIpc) is 2.57. The lowest BCUT2D eigenvalue weighted by Crippen LogP contribution is -2.43. The van der Waals surface area contributed by atoms with Crippen molar-refractivity contribution in [3.05, 3.63) is 0 Å². The Bertz CT molecular complexity index is 228. The highest BCUT2D eigenvalue weighted by Crippen LogP contribution is 2.28. The van der Waals surface area contributed by atoms with E-state index >= 15 is 0 Å². The predicted octanol–water partition coefficient (Wildman–Crippen LogP) is 1.79. The van der Waals surface area contributed by atoms with Gasteiger partial charge in [-0.15, -0.1) is 0 Å².